The molecular weight excluding hydrogens is 298 g/mol. The van der Waals surface area contributed by atoms with Gasteiger partial charge in [-0.1, -0.05) is 12.1 Å². The molecule has 0 amide bonds. The van der Waals surface area contributed by atoms with Gasteiger partial charge in [0.05, 0.1) is 25.9 Å². The summed E-state index contributed by atoms with van der Waals surface area (Å²) >= 11 is 1.95. The first-order valence-corrected chi connectivity index (χ1v) is 9.12. The van der Waals surface area contributed by atoms with Crippen LogP contribution >= 0.6 is 11.8 Å². The van der Waals surface area contributed by atoms with Crippen LogP contribution < -0.4 is 4.74 Å². The van der Waals surface area contributed by atoms with Crippen molar-refractivity contribution in [3.05, 3.63) is 29.8 Å². The zero-order valence-electron chi connectivity index (χ0n) is 13.2. The van der Waals surface area contributed by atoms with Crippen molar-refractivity contribution >= 4 is 11.8 Å². The molecule has 0 saturated carbocycles. The minimum atomic E-state index is -0.726. The Bertz CT molecular complexity index is 475. The van der Waals surface area contributed by atoms with Gasteiger partial charge in [0.15, 0.2) is 0 Å². The van der Waals surface area contributed by atoms with Crippen LogP contribution in [-0.4, -0.2) is 61.5 Å². The third kappa shape index (κ3) is 3.43. The molecular formula is C17H25NO3S. The lowest BCUT2D eigenvalue weighted by molar-refractivity contribution is -0.0466. The Balaban J connectivity index is 1.76. The molecule has 4 nitrogen and oxygen atoms in total. The SMILES string of the molecule is COc1ccc(C2(O)CCSCC2CN2CCOCC2)cc1. The van der Waals surface area contributed by atoms with Crippen molar-refractivity contribution in [1.29, 1.82) is 0 Å². The highest BCUT2D eigenvalue weighted by Crippen LogP contribution is 2.41. The lowest BCUT2D eigenvalue weighted by Crippen LogP contribution is -2.48. The number of methoxy groups -OCH3 is 1. The molecule has 1 N–H and O–H groups in total. The summed E-state index contributed by atoms with van der Waals surface area (Å²) < 4.78 is 10.7. The van der Waals surface area contributed by atoms with Gasteiger partial charge in [-0.15, -0.1) is 0 Å². The second-order valence-corrected chi connectivity index (χ2v) is 7.24. The molecule has 2 aliphatic rings. The minimum Gasteiger partial charge on any atom is -0.497 e. The average molecular weight is 323 g/mol. The number of nitrogens with zero attached hydrogens (tertiary/aromatic N) is 1. The van der Waals surface area contributed by atoms with Crippen molar-refractivity contribution in [2.24, 2.45) is 5.92 Å². The van der Waals surface area contributed by atoms with Gasteiger partial charge in [0.25, 0.3) is 0 Å². The molecule has 1 aromatic rings. The Morgan fingerprint density at radius 1 is 1.32 bits per heavy atom. The summed E-state index contributed by atoms with van der Waals surface area (Å²) in [5, 5.41) is 11.4. The summed E-state index contributed by atoms with van der Waals surface area (Å²) in [4.78, 5) is 2.43. The first kappa shape index (κ1) is 16.1. The van der Waals surface area contributed by atoms with Crippen LogP contribution in [0.15, 0.2) is 24.3 Å². The Hall–Kier alpha value is -0.750. The number of thioether (sulfide) groups is 1. The molecule has 2 heterocycles. The summed E-state index contributed by atoms with van der Waals surface area (Å²) in [6, 6.07) is 7.92. The number of benzene rings is 1. The average Bonchev–Trinajstić information content (AvgIpc) is 2.58. The largest absolute Gasteiger partial charge is 0.497 e. The maximum absolute atomic E-state index is 11.4. The van der Waals surface area contributed by atoms with Crippen LogP contribution in [-0.2, 0) is 10.3 Å². The van der Waals surface area contributed by atoms with Crippen molar-refractivity contribution in [3.63, 3.8) is 0 Å². The maximum atomic E-state index is 11.4. The second-order valence-electron chi connectivity index (χ2n) is 6.09. The molecule has 2 saturated heterocycles. The zero-order valence-corrected chi connectivity index (χ0v) is 14.0. The van der Waals surface area contributed by atoms with E-state index in [1.54, 1.807) is 7.11 Å². The van der Waals surface area contributed by atoms with E-state index in [-0.39, 0.29) is 5.92 Å². The molecule has 2 atom stereocenters. The van der Waals surface area contributed by atoms with E-state index in [4.69, 9.17) is 9.47 Å². The van der Waals surface area contributed by atoms with Gasteiger partial charge in [-0.25, -0.2) is 0 Å². The molecule has 2 unspecified atom stereocenters. The first-order chi connectivity index (χ1) is 10.7. The molecule has 5 heteroatoms. The van der Waals surface area contributed by atoms with Crippen LogP contribution in [0.2, 0.25) is 0 Å². The molecule has 0 bridgehead atoms. The predicted molar refractivity (Wildman–Crippen MR) is 89.6 cm³/mol. The van der Waals surface area contributed by atoms with Crippen molar-refractivity contribution in [2.45, 2.75) is 12.0 Å². The Morgan fingerprint density at radius 3 is 2.73 bits per heavy atom. The molecule has 0 aliphatic carbocycles. The molecule has 0 radical (unpaired) electrons. The second kappa shape index (κ2) is 7.21. The number of rotatable bonds is 4. The van der Waals surface area contributed by atoms with E-state index in [0.717, 1.165) is 62.1 Å². The van der Waals surface area contributed by atoms with Gasteiger partial charge in [-0.2, -0.15) is 11.8 Å². The number of hydrogen-bond acceptors (Lipinski definition) is 5. The molecule has 2 fully saturated rings. The van der Waals surface area contributed by atoms with Crippen molar-refractivity contribution in [2.75, 3.05) is 51.5 Å². The summed E-state index contributed by atoms with van der Waals surface area (Å²) in [7, 11) is 1.67. The molecule has 122 valence electrons. The fourth-order valence-corrected chi connectivity index (χ4v) is 4.64. The van der Waals surface area contributed by atoms with Crippen LogP contribution in [0.25, 0.3) is 0 Å². The van der Waals surface area contributed by atoms with Gasteiger partial charge < -0.3 is 14.6 Å². The monoisotopic (exact) mass is 323 g/mol. The lowest BCUT2D eigenvalue weighted by atomic mass is 9.79. The van der Waals surface area contributed by atoms with E-state index in [0.29, 0.717) is 0 Å². The Morgan fingerprint density at radius 2 is 2.05 bits per heavy atom. The fourth-order valence-electron chi connectivity index (χ4n) is 3.35. The first-order valence-electron chi connectivity index (χ1n) is 7.97. The smallest absolute Gasteiger partial charge is 0.118 e. The Kier molecular flexibility index (Phi) is 5.29. The van der Waals surface area contributed by atoms with E-state index in [9.17, 15) is 5.11 Å². The van der Waals surface area contributed by atoms with Crippen LogP contribution in [0.4, 0.5) is 0 Å². The molecule has 3 rings (SSSR count). The summed E-state index contributed by atoms with van der Waals surface area (Å²) in [5.74, 6) is 3.13. The van der Waals surface area contributed by atoms with Gasteiger partial charge in [0.2, 0.25) is 0 Å². The van der Waals surface area contributed by atoms with E-state index >= 15 is 0 Å². The zero-order chi connectivity index (χ0) is 15.4. The number of morpholine rings is 1. The van der Waals surface area contributed by atoms with E-state index in [1.165, 1.54) is 0 Å². The molecule has 22 heavy (non-hydrogen) atoms. The molecule has 0 spiro atoms. The normalized spacial score (nSPS) is 30.2. The topological polar surface area (TPSA) is 41.9 Å². The van der Waals surface area contributed by atoms with Crippen LogP contribution in [0.3, 0.4) is 0 Å². The highest BCUT2D eigenvalue weighted by Gasteiger charge is 2.41. The minimum absolute atomic E-state index is 0.262. The van der Waals surface area contributed by atoms with E-state index < -0.39 is 5.60 Å². The summed E-state index contributed by atoms with van der Waals surface area (Å²) in [6.07, 6.45) is 0.818. The van der Waals surface area contributed by atoms with Crippen molar-refractivity contribution < 1.29 is 14.6 Å². The van der Waals surface area contributed by atoms with Gasteiger partial charge in [0, 0.05) is 31.3 Å². The van der Waals surface area contributed by atoms with E-state index in [2.05, 4.69) is 4.90 Å². The summed E-state index contributed by atoms with van der Waals surface area (Å²) in [6.45, 7) is 4.50. The fraction of sp³-hybridized carbons (Fsp3) is 0.647. The van der Waals surface area contributed by atoms with E-state index in [1.807, 2.05) is 36.0 Å². The number of ether oxygens (including phenoxy) is 2. The van der Waals surface area contributed by atoms with Crippen LogP contribution in [0.1, 0.15) is 12.0 Å². The quantitative estimate of drug-likeness (QED) is 0.917. The summed E-state index contributed by atoms with van der Waals surface area (Å²) in [5.41, 5.74) is 0.294. The van der Waals surface area contributed by atoms with Gasteiger partial charge in [0.1, 0.15) is 5.75 Å². The molecule has 0 aromatic heterocycles. The molecule has 2 aliphatic heterocycles. The third-order valence-electron chi connectivity index (χ3n) is 4.79. The van der Waals surface area contributed by atoms with Crippen LogP contribution in [0.5, 0.6) is 5.75 Å². The number of aliphatic hydroxyl groups is 1. The van der Waals surface area contributed by atoms with Gasteiger partial charge >= 0.3 is 0 Å². The third-order valence-corrected chi connectivity index (χ3v) is 5.93. The number of hydrogen-bond donors (Lipinski definition) is 1. The Labute approximate surface area is 136 Å². The van der Waals surface area contributed by atoms with Crippen molar-refractivity contribution in [1.82, 2.24) is 4.90 Å². The predicted octanol–water partition coefficient (Wildman–Crippen LogP) is 1.97. The lowest BCUT2D eigenvalue weighted by Gasteiger charge is -2.43. The van der Waals surface area contributed by atoms with Gasteiger partial charge in [-0.05, 0) is 29.9 Å². The van der Waals surface area contributed by atoms with Gasteiger partial charge in [-0.3, -0.25) is 4.90 Å². The highest BCUT2D eigenvalue weighted by atomic mass is 32.2. The maximum Gasteiger partial charge on any atom is 0.118 e. The highest BCUT2D eigenvalue weighted by molar-refractivity contribution is 7.99. The molecule has 1 aromatic carbocycles. The van der Waals surface area contributed by atoms with Crippen molar-refractivity contribution in [3.8, 4) is 5.75 Å². The standard InChI is InChI=1S/C17H25NO3S/c1-20-16-4-2-14(3-5-16)17(19)6-11-22-13-15(17)12-18-7-9-21-10-8-18/h2-5,15,19H,6-13H2,1H3. The van der Waals surface area contributed by atoms with Crippen LogP contribution in [0, 0.1) is 5.92 Å².